The molecule has 0 aromatic heterocycles. The highest BCUT2D eigenvalue weighted by atomic mass is 16.2. The number of carbonyl (C=O) groups is 1. The van der Waals surface area contributed by atoms with Crippen molar-refractivity contribution in [3.8, 4) is 0 Å². The lowest BCUT2D eigenvalue weighted by atomic mass is 10.0. The minimum absolute atomic E-state index is 0.249. The molecule has 24 heavy (non-hydrogen) atoms. The summed E-state index contributed by atoms with van der Waals surface area (Å²) in [7, 11) is 0. The number of benzene rings is 1. The third-order valence-electron chi connectivity index (χ3n) is 5.11. The highest BCUT2D eigenvalue weighted by Crippen LogP contribution is 2.24. The van der Waals surface area contributed by atoms with Crippen LogP contribution < -0.4 is 4.90 Å². The Morgan fingerprint density at radius 1 is 1.04 bits per heavy atom. The van der Waals surface area contributed by atoms with Gasteiger partial charge in [0.05, 0.1) is 0 Å². The standard InChI is InChI=1S/C21H34N2O/c1-3-5-6-7-11-16-22-17-14-20(15-18-22)23(21(24)4-2)19-12-9-8-10-13-19/h8-10,12-13,20H,3-7,11,14-18H2,1-2H3. The monoisotopic (exact) mass is 330 g/mol. The molecule has 0 radical (unpaired) electrons. The Labute approximate surface area is 148 Å². The van der Waals surface area contributed by atoms with E-state index >= 15 is 0 Å². The van der Waals surface area contributed by atoms with Crippen molar-refractivity contribution in [2.24, 2.45) is 0 Å². The Hall–Kier alpha value is -1.35. The minimum atomic E-state index is 0.249. The minimum Gasteiger partial charge on any atom is -0.309 e. The Morgan fingerprint density at radius 3 is 2.33 bits per heavy atom. The third kappa shape index (κ3) is 5.62. The van der Waals surface area contributed by atoms with Gasteiger partial charge in [-0.3, -0.25) is 4.79 Å². The van der Waals surface area contributed by atoms with Crippen LogP contribution in [0.1, 0.15) is 65.2 Å². The average molecular weight is 331 g/mol. The Bertz CT molecular complexity index is 466. The van der Waals surface area contributed by atoms with E-state index in [0.717, 1.165) is 31.6 Å². The fourth-order valence-electron chi connectivity index (χ4n) is 3.66. The van der Waals surface area contributed by atoms with E-state index < -0.39 is 0 Å². The number of amides is 1. The van der Waals surface area contributed by atoms with Crippen LogP contribution in [0.2, 0.25) is 0 Å². The predicted octanol–water partition coefficient (Wildman–Crippen LogP) is 4.86. The fourth-order valence-corrected chi connectivity index (χ4v) is 3.66. The largest absolute Gasteiger partial charge is 0.309 e. The van der Waals surface area contributed by atoms with E-state index in [1.54, 1.807) is 0 Å². The number of anilines is 1. The third-order valence-corrected chi connectivity index (χ3v) is 5.11. The Morgan fingerprint density at radius 2 is 1.71 bits per heavy atom. The van der Waals surface area contributed by atoms with E-state index in [9.17, 15) is 4.79 Å². The molecule has 0 atom stereocenters. The van der Waals surface area contributed by atoms with Gasteiger partial charge in [0.1, 0.15) is 0 Å². The summed E-state index contributed by atoms with van der Waals surface area (Å²) in [6, 6.07) is 10.5. The molecule has 2 rings (SSSR count). The molecular formula is C21H34N2O. The number of carbonyl (C=O) groups excluding carboxylic acids is 1. The van der Waals surface area contributed by atoms with Crippen LogP contribution in [0, 0.1) is 0 Å². The van der Waals surface area contributed by atoms with Crippen LogP contribution in [0.5, 0.6) is 0 Å². The van der Waals surface area contributed by atoms with Gasteiger partial charge in [0.2, 0.25) is 5.91 Å². The molecule has 134 valence electrons. The summed E-state index contributed by atoms with van der Waals surface area (Å²) >= 11 is 0. The zero-order valence-electron chi connectivity index (χ0n) is 15.5. The highest BCUT2D eigenvalue weighted by molar-refractivity contribution is 5.93. The quantitative estimate of drug-likeness (QED) is 0.603. The smallest absolute Gasteiger partial charge is 0.226 e. The maximum absolute atomic E-state index is 12.5. The van der Waals surface area contributed by atoms with Crippen molar-refractivity contribution in [3.63, 3.8) is 0 Å². The lowest BCUT2D eigenvalue weighted by Crippen LogP contribution is -2.47. The van der Waals surface area contributed by atoms with Crippen LogP contribution in [-0.4, -0.2) is 36.5 Å². The molecule has 0 unspecified atom stereocenters. The summed E-state index contributed by atoms with van der Waals surface area (Å²) in [6.07, 6.45) is 9.50. The molecule has 1 aromatic carbocycles. The Balaban J connectivity index is 1.83. The van der Waals surface area contributed by atoms with Crippen molar-refractivity contribution in [3.05, 3.63) is 30.3 Å². The topological polar surface area (TPSA) is 23.6 Å². The summed E-state index contributed by atoms with van der Waals surface area (Å²) in [4.78, 5) is 17.1. The second-order valence-corrected chi connectivity index (χ2v) is 6.94. The van der Waals surface area contributed by atoms with Crippen LogP contribution in [0.25, 0.3) is 0 Å². The first-order valence-electron chi connectivity index (χ1n) is 9.85. The van der Waals surface area contributed by atoms with Crippen LogP contribution in [0.15, 0.2) is 30.3 Å². The van der Waals surface area contributed by atoms with Gasteiger partial charge >= 0.3 is 0 Å². The first-order valence-corrected chi connectivity index (χ1v) is 9.85. The molecular weight excluding hydrogens is 296 g/mol. The van der Waals surface area contributed by atoms with Gasteiger partial charge in [-0.2, -0.15) is 0 Å². The first-order chi connectivity index (χ1) is 11.8. The second-order valence-electron chi connectivity index (χ2n) is 6.94. The van der Waals surface area contributed by atoms with Gasteiger partial charge in [0.25, 0.3) is 0 Å². The van der Waals surface area contributed by atoms with E-state index in [0.29, 0.717) is 12.5 Å². The van der Waals surface area contributed by atoms with Gasteiger partial charge in [0.15, 0.2) is 0 Å². The zero-order chi connectivity index (χ0) is 17.2. The number of hydrogen-bond donors (Lipinski definition) is 0. The molecule has 3 heteroatoms. The molecule has 0 bridgehead atoms. The van der Waals surface area contributed by atoms with E-state index in [1.807, 2.05) is 25.1 Å². The number of rotatable bonds is 9. The van der Waals surface area contributed by atoms with Crippen molar-refractivity contribution in [2.75, 3.05) is 24.5 Å². The molecule has 0 saturated carbocycles. The number of unbranched alkanes of at least 4 members (excludes halogenated alkanes) is 4. The molecule has 1 aliphatic rings. The van der Waals surface area contributed by atoms with Crippen molar-refractivity contribution in [1.82, 2.24) is 4.90 Å². The molecule has 1 aromatic rings. The number of piperidine rings is 1. The predicted molar refractivity (Wildman–Crippen MR) is 102 cm³/mol. The van der Waals surface area contributed by atoms with Gasteiger partial charge < -0.3 is 9.80 Å². The normalized spacial score (nSPS) is 16.2. The molecule has 3 nitrogen and oxygen atoms in total. The van der Waals surface area contributed by atoms with Gasteiger partial charge in [-0.05, 0) is 37.9 Å². The molecule has 0 spiro atoms. The van der Waals surface area contributed by atoms with Crippen LogP contribution in [0.4, 0.5) is 5.69 Å². The van der Waals surface area contributed by atoms with E-state index in [1.165, 1.54) is 38.6 Å². The molecule has 1 heterocycles. The van der Waals surface area contributed by atoms with Gasteiger partial charge in [-0.1, -0.05) is 57.7 Å². The van der Waals surface area contributed by atoms with E-state index in [-0.39, 0.29) is 5.91 Å². The van der Waals surface area contributed by atoms with E-state index in [2.05, 4.69) is 28.9 Å². The Kier molecular flexibility index (Phi) is 8.31. The molecule has 1 amide bonds. The summed E-state index contributed by atoms with van der Waals surface area (Å²) in [6.45, 7) is 7.70. The summed E-state index contributed by atoms with van der Waals surface area (Å²) < 4.78 is 0. The lowest BCUT2D eigenvalue weighted by Gasteiger charge is -2.38. The van der Waals surface area contributed by atoms with Crippen molar-refractivity contribution in [1.29, 1.82) is 0 Å². The zero-order valence-corrected chi connectivity index (χ0v) is 15.5. The number of hydrogen-bond acceptors (Lipinski definition) is 2. The van der Waals surface area contributed by atoms with E-state index in [4.69, 9.17) is 0 Å². The summed E-state index contributed by atoms with van der Waals surface area (Å²) in [5.41, 5.74) is 1.06. The lowest BCUT2D eigenvalue weighted by molar-refractivity contribution is -0.119. The van der Waals surface area contributed by atoms with Gasteiger partial charge in [0, 0.05) is 31.2 Å². The number of para-hydroxylation sites is 1. The number of nitrogens with zero attached hydrogens (tertiary/aromatic N) is 2. The van der Waals surface area contributed by atoms with Crippen molar-refractivity contribution < 1.29 is 4.79 Å². The fraction of sp³-hybridized carbons (Fsp3) is 0.667. The summed E-state index contributed by atoms with van der Waals surface area (Å²) in [5, 5.41) is 0. The van der Waals surface area contributed by atoms with Gasteiger partial charge in [-0.15, -0.1) is 0 Å². The molecule has 1 aliphatic heterocycles. The van der Waals surface area contributed by atoms with Crippen LogP contribution in [-0.2, 0) is 4.79 Å². The molecule has 1 fully saturated rings. The molecule has 1 saturated heterocycles. The maximum atomic E-state index is 12.5. The molecule has 0 N–H and O–H groups in total. The number of likely N-dealkylation sites (tertiary alicyclic amines) is 1. The maximum Gasteiger partial charge on any atom is 0.226 e. The molecule has 0 aliphatic carbocycles. The highest BCUT2D eigenvalue weighted by Gasteiger charge is 2.28. The second kappa shape index (κ2) is 10.5. The van der Waals surface area contributed by atoms with Crippen LogP contribution in [0.3, 0.4) is 0 Å². The van der Waals surface area contributed by atoms with Gasteiger partial charge in [-0.25, -0.2) is 0 Å². The first kappa shape index (κ1) is 19.0. The van der Waals surface area contributed by atoms with Crippen molar-refractivity contribution >= 4 is 11.6 Å². The average Bonchev–Trinajstić information content (AvgIpc) is 2.63. The van der Waals surface area contributed by atoms with Crippen LogP contribution >= 0.6 is 0 Å². The summed E-state index contributed by atoms with van der Waals surface area (Å²) in [5.74, 6) is 0.249. The van der Waals surface area contributed by atoms with Crippen molar-refractivity contribution in [2.45, 2.75) is 71.3 Å². The SMILES string of the molecule is CCCCCCCN1CCC(N(C(=O)CC)c2ccccc2)CC1.